The molecule has 3 aromatic heterocycles. The van der Waals surface area contributed by atoms with Crippen LogP contribution in [0, 0.1) is 0 Å². The summed E-state index contributed by atoms with van der Waals surface area (Å²) >= 11 is 2.79. The Balaban J connectivity index is 1.28. The van der Waals surface area contributed by atoms with Gasteiger partial charge in [0.1, 0.15) is 6.61 Å². The van der Waals surface area contributed by atoms with E-state index in [2.05, 4.69) is 21.5 Å². The van der Waals surface area contributed by atoms with E-state index in [0.29, 0.717) is 10.7 Å². The third kappa shape index (κ3) is 3.89. The summed E-state index contributed by atoms with van der Waals surface area (Å²) in [6, 6.07) is 17.0. The normalized spacial score (nSPS) is 11.5. The van der Waals surface area contributed by atoms with Crippen LogP contribution < -0.4 is 5.56 Å². The highest BCUT2D eigenvalue weighted by Crippen LogP contribution is 2.25. The molecular formula is C23H20N4O3S2. The summed E-state index contributed by atoms with van der Waals surface area (Å²) in [6.07, 6.45) is 0.972. The number of rotatable bonds is 7. The van der Waals surface area contributed by atoms with Crippen molar-refractivity contribution in [1.82, 2.24) is 18.9 Å². The van der Waals surface area contributed by atoms with Crippen molar-refractivity contribution in [1.29, 1.82) is 0 Å². The van der Waals surface area contributed by atoms with Crippen LogP contribution in [0.3, 0.4) is 0 Å². The lowest BCUT2D eigenvalue weighted by atomic mass is 10.3. The molecule has 0 N–H and O–H groups in total. The standard InChI is InChI=1S/C23H20N4O3S2/c1-2-11-26-17-8-4-3-7-16(17)25-22(26)31-14-21(29)30-13-15-12-20(28)27-18-9-5-6-10-19(18)32-23(27)24-15/h3-10,12H,2,11,13-14H2,1H3. The topological polar surface area (TPSA) is 78.5 Å². The van der Waals surface area contributed by atoms with Gasteiger partial charge >= 0.3 is 5.97 Å². The number of carbonyl (C=O) groups excluding carboxylic acids is 1. The molecule has 0 aliphatic heterocycles. The molecule has 3 heterocycles. The summed E-state index contributed by atoms with van der Waals surface area (Å²) in [5.74, 6) is -0.236. The number of nitrogens with zero attached hydrogens (tertiary/aromatic N) is 4. The molecule has 5 rings (SSSR count). The van der Waals surface area contributed by atoms with Gasteiger partial charge < -0.3 is 9.30 Å². The fourth-order valence-corrected chi connectivity index (χ4v) is 5.51. The van der Waals surface area contributed by atoms with Crippen LogP contribution in [-0.4, -0.2) is 30.7 Å². The molecule has 0 saturated heterocycles. The number of benzene rings is 2. The number of aromatic nitrogens is 4. The highest BCUT2D eigenvalue weighted by molar-refractivity contribution is 7.99. The first-order valence-corrected chi connectivity index (χ1v) is 12.1. The molecule has 5 aromatic rings. The minimum absolute atomic E-state index is 0.0369. The number of imidazole rings is 1. The summed E-state index contributed by atoms with van der Waals surface area (Å²) < 4.78 is 10.1. The van der Waals surface area contributed by atoms with Crippen molar-refractivity contribution in [2.75, 3.05) is 5.75 Å². The Morgan fingerprint density at radius 2 is 1.88 bits per heavy atom. The quantitative estimate of drug-likeness (QED) is 0.261. The van der Waals surface area contributed by atoms with E-state index < -0.39 is 0 Å². The number of hydrogen-bond donors (Lipinski definition) is 0. The van der Waals surface area contributed by atoms with Crippen molar-refractivity contribution in [3.63, 3.8) is 0 Å². The van der Waals surface area contributed by atoms with Gasteiger partial charge in [0.25, 0.3) is 5.56 Å². The van der Waals surface area contributed by atoms with E-state index in [4.69, 9.17) is 4.74 Å². The maximum absolute atomic E-state index is 12.6. The van der Waals surface area contributed by atoms with Gasteiger partial charge in [-0.15, -0.1) is 0 Å². The summed E-state index contributed by atoms with van der Waals surface area (Å²) in [4.78, 5) is 34.7. The Hall–Kier alpha value is -3.17. The first-order valence-electron chi connectivity index (χ1n) is 10.3. The Morgan fingerprint density at radius 1 is 1.09 bits per heavy atom. The molecule has 9 heteroatoms. The molecule has 0 bridgehead atoms. The number of thiazole rings is 1. The maximum atomic E-state index is 12.6. The zero-order valence-electron chi connectivity index (χ0n) is 17.4. The smallest absolute Gasteiger partial charge is 0.316 e. The van der Waals surface area contributed by atoms with Gasteiger partial charge in [0.2, 0.25) is 0 Å². The Bertz CT molecular complexity index is 1500. The number of esters is 1. The van der Waals surface area contributed by atoms with Crippen molar-refractivity contribution in [2.24, 2.45) is 0 Å². The van der Waals surface area contributed by atoms with Crippen molar-refractivity contribution >= 4 is 55.3 Å². The van der Waals surface area contributed by atoms with Gasteiger partial charge in [0, 0.05) is 12.6 Å². The van der Waals surface area contributed by atoms with Gasteiger partial charge in [-0.25, -0.2) is 9.97 Å². The number of carbonyl (C=O) groups is 1. The molecule has 32 heavy (non-hydrogen) atoms. The van der Waals surface area contributed by atoms with Gasteiger partial charge in [0.05, 0.1) is 32.7 Å². The second-order valence-electron chi connectivity index (χ2n) is 7.26. The largest absolute Gasteiger partial charge is 0.459 e. The number of hydrogen-bond acceptors (Lipinski definition) is 7. The van der Waals surface area contributed by atoms with Gasteiger partial charge in [-0.3, -0.25) is 14.0 Å². The van der Waals surface area contributed by atoms with Crippen LogP contribution in [0.25, 0.3) is 26.2 Å². The third-order valence-corrected chi connectivity index (χ3v) is 6.99. The molecule has 0 radical (unpaired) electrons. The lowest BCUT2D eigenvalue weighted by Crippen LogP contribution is -2.15. The first-order chi connectivity index (χ1) is 15.6. The summed E-state index contributed by atoms with van der Waals surface area (Å²) in [6.45, 7) is 2.91. The zero-order chi connectivity index (χ0) is 22.1. The predicted molar refractivity (Wildman–Crippen MR) is 127 cm³/mol. The van der Waals surface area contributed by atoms with Gasteiger partial charge in [-0.05, 0) is 30.7 Å². The average Bonchev–Trinajstić information content (AvgIpc) is 3.35. The van der Waals surface area contributed by atoms with E-state index in [0.717, 1.165) is 39.4 Å². The van der Waals surface area contributed by atoms with E-state index in [1.165, 1.54) is 29.2 Å². The van der Waals surface area contributed by atoms with Crippen molar-refractivity contribution in [2.45, 2.75) is 31.7 Å². The third-order valence-electron chi connectivity index (χ3n) is 5.02. The van der Waals surface area contributed by atoms with Gasteiger partial charge in [-0.1, -0.05) is 54.3 Å². The van der Waals surface area contributed by atoms with Crippen LogP contribution in [-0.2, 0) is 22.7 Å². The van der Waals surface area contributed by atoms with Crippen LogP contribution in [0.1, 0.15) is 19.0 Å². The highest BCUT2D eigenvalue weighted by atomic mass is 32.2. The highest BCUT2D eigenvalue weighted by Gasteiger charge is 2.14. The second kappa shape index (κ2) is 8.76. The van der Waals surface area contributed by atoms with Crippen LogP contribution in [0.15, 0.2) is 64.5 Å². The molecule has 0 amide bonds. The van der Waals surface area contributed by atoms with Crippen LogP contribution in [0.2, 0.25) is 0 Å². The number of fused-ring (bicyclic) bond motifs is 4. The molecular weight excluding hydrogens is 444 g/mol. The molecule has 2 aromatic carbocycles. The Morgan fingerprint density at radius 3 is 2.72 bits per heavy atom. The zero-order valence-corrected chi connectivity index (χ0v) is 19.0. The Labute approximate surface area is 191 Å². The predicted octanol–water partition coefficient (Wildman–Crippen LogP) is 4.50. The maximum Gasteiger partial charge on any atom is 0.316 e. The first kappa shape index (κ1) is 20.7. The minimum Gasteiger partial charge on any atom is -0.459 e. The SMILES string of the molecule is CCCn1c(SCC(=O)OCc2cc(=O)n3c(n2)sc2ccccc23)nc2ccccc21. The summed E-state index contributed by atoms with van der Waals surface area (Å²) in [5, 5.41) is 0.799. The Kier molecular flexibility index (Phi) is 5.67. The fourth-order valence-electron chi connectivity index (χ4n) is 3.62. The van der Waals surface area contributed by atoms with Crippen molar-refractivity contribution in [3.8, 4) is 0 Å². The minimum atomic E-state index is -0.372. The van der Waals surface area contributed by atoms with Gasteiger partial charge in [-0.2, -0.15) is 0 Å². The summed E-state index contributed by atoms with van der Waals surface area (Å²) in [5.41, 5.74) is 3.07. The molecule has 0 unspecified atom stereocenters. The van der Waals surface area contributed by atoms with Crippen molar-refractivity contribution < 1.29 is 9.53 Å². The lowest BCUT2D eigenvalue weighted by molar-refractivity contribution is -0.141. The lowest BCUT2D eigenvalue weighted by Gasteiger charge is -2.07. The number of thioether (sulfide) groups is 1. The number of ether oxygens (including phenoxy) is 1. The fraction of sp³-hybridized carbons (Fsp3) is 0.217. The molecule has 0 aliphatic rings. The molecule has 0 spiro atoms. The number of para-hydroxylation sites is 3. The van der Waals surface area contributed by atoms with E-state index in [1.807, 2.05) is 48.5 Å². The monoisotopic (exact) mass is 464 g/mol. The second-order valence-corrected chi connectivity index (χ2v) is 9.21. The van der Waals surface area contributed by atoms with Crippen LogP contribution >= 0.6 is 23.1 Å². The van der Waals surface area contributed by atoms with Crippen LogP contribution in [0.5, 0.6) is 0 Å². The van der Waals surface area contributed by atoms with E-state index in [-0.39, 0.29) is 23.9 Å². The molecule has 0 fully saturated rings. The van der Waals surface area contributed by atoms with E-state index in [9.17, 15) is 9.59 Å². The summed E-state index contributed by atoms with van der Waals surface area (Å²) in [7, 11) is 0. The van der Waals surface area contributed by atoms with Crippen molar-refractivity contribution in [3.05, 3.63) is 70.6 Å². The molecule has 162 valence electrons. The molecule has 0 aliphatic carbocycles. The molecule has 7 nitrogen and oxygen atoms in total. The number of aryl methyl sites for hydroxylation is 1. The van der Waals surface area contributed by atoms with E-state index in [1.54, 1.807) is 4.40 Å². The molecule has 0 atom stereocenters. The van der Waals surface area contributed by atoms with Crippen LogP contribution in [0.4, 0.5) is 0 Å². The average molecular weight is 465 g/mol. The molecule has 0 saturated carbocycles. The van der Waals surface area contributed by atoms with E-state index >= 15 is 0 Å². The van der Waals surface area contributed by atoms with Gasteiger partial charge in [0.15, 0.2) is 10.1 Å².